The van der Waals surface area contributed by atoms with Gasteiger partial charge in [-0.1, -0.05) is 12.0 Å². The third kappa shape index (κ3) is 3.40. The van der Waals surface area contributed by atoms with Crippen molar-refractivity contribution >= 4 is 5.91 Å². The van der Waals surface area contributed by atoms with Gasteiger partial charge < -0.3 is 9.64 Å². The molecule has 0 spiro atoms. The van der Waals surface area contributed by atoms with Gasteiger partial charge >= 0.3 is 0 Å². The number of hydrogen-bond acceptors (Lipinski definition) is 3. The van der Waals surface area contributed by atoms with Crippen LogP contribution in [0.3, 0.4) is 0 Å². The topological polar surface area (TPSA) is 78.3 Å². The zero-order valence-corrected chi connectivity index (χ0v) is 9.80. The van der Waals surface area contributed by atoms with Crippen LogP contribution in [0.15, 0.2) is 5.11 Å². The molecule has 0 unspecified atom stereocenters. The molecule has 1 rings (SSSR count). The van der Waals surface area contributed by atoms with Crippen molar-refractivity contribution in [2.45, 2.75) is 13.8 Å². The number of rotatable bonds is 5. The minimum absolute atomic E-state index is 0.0788. The van der Waals surface area contributed by atoms with E-state index < -0.39 is 0 Å². The monoisotopic (exact) mass is 226 g/mol. The average molecular weight is 226 g/mol. The Morgan fingerprint density at radius 3 is 3.00 bits per heavy atom. The van der Waals surface area contributed by atoms with Gasteiger partial charge in [-0.15, -0.1) is 0 Å². The lowest BCUT2D eigenvalue weighted by Crippen LogP contribution is -2.31. The summed E-state index contributed by atoms with van der Waals surface area (Å²) >= 11 is 0. The molecule has 1 saturated heterocycles. The van der Waals surface area contributed by atoms with Crippen molar-refractivity contribution in [3.63, 3.8) is 0 Å². The fourth-order valence-corrected chi connectivity index (χ4v) is 1.92. The van der Waals surface area contributed by atoms with Gasteiger partial charge in [-0.25, -0.2) is 0 Å². The number of carbonyl (C=O) groups is 1. The van der Waals surface area contributed by atoms with Crippen LogP contribution in [0.2, 0.25) is 0 Å². The fraction of sp³-hybridized carbons (Fsp3) is 0.900. The fourth-order valence-electron chi connectivity index (χ4n) is 1.92. The van der Waals surface area contributed by atoms with E-state index in [4.69, 9.17) is 10.3 Å². The highest BCUT2D eigenvalue weighted by Gasteiger charge is 2.31. The lowest BCUT2D eigenvalue weighted by Gasteiger charge is -2.15. The van der Waals surface area contributed by atoms with E-state index in [0.29, 0.717) is 31.6 Å². The molecular formula is C10H18N4O2. The van der Waals surface area contributed by atoms with Crippen LogP contribution < -0.4 is 0 Å². The maximum Gasteiger partial charge on any atom is 0.228 e. The molecule has 1 aliphatic rings. The summed E-state index contributed by atoms with van der Waals surface area (Å²) in [5.74, 6) is 0.750. The molecule has 0 N–H and O–H groups in total. The second-order valence-electron chi connectivity index (χ2n) is 4.08. The quantitative estimate of drug-likeness (QED) is 0.404. The molecule has 90 valence electrons. The van der Waals surface area contributed by atoms with E-state index in [2.05, 4.69) is 16.9 Å². The van der Waals surface area contributed by atoms with Crippen molar-refractivity contribution in [2.75, 3.05) is 32.8 Å². The first kappa shape index (κ1) is 12.8. The second-order valence-corrected chi connectivity index (χ2v) is 4.08. The van der Waals surface area contributed by atoms with Crippen LogP contribution in [0.4, 0.5) is 0 Å². The smallest absolute Gasteiger partial charge is 0.228 e. The molecule has 1 amide bonds. The van der Waals surface area contributed by atoms with Gasteiger partial charge in [-0.3, -0.25) is 4.79 Å². The highest BCUT2D eigenvalue weighted by Crippen LogP contribution is 2.23. The van der Waals surface area contributed by atoms with E-state index >= 15 is 0 Å². The van der Waals surface area contributed by atoms with Gasteiger partial charge in [0.2, 0.25) is 5.91 Å². The molecule has 0 aromatic rings. The third-order valence-corrected chi connectivity index (χ3v) is 2.93. The summed E-state index contributed by atoms with van der Waals surface area (Å²) in [4.78, 5) is 15.9. The minimum Gasteiger partial charge on any atom is -0.381 e. The lowest BCUT2D eigenvalue weighted by atomic mass is 9.99. The van der Waals surface area contributed by atoms with Crippen LogP contribution in [0.25, 0.3) is 10.4 Å². The molecule has 16 heavy (non-hydrogen) atoms. The first-order valence-corrected chi connectivity index (χ1v) is 5.55. The molecule has 1 aliphatic heterocycles. The Hall–Kier alpha value is -1.26. The molecule has 0 aliphatic carbocycles. The summed E-state index contributed by atoms with van der Waals surface area (Å²) in [5, 5.41) is 3.29. The molecule has 1 heterocycles. The molecule has 0 saturated carbocycles. The van der Waals surface area contributed by atoms with E-state index in [0.717, 1.165) is 6.54 Å². The lowest BCUT2D eigenvalue weighted by molar-refractivity contribution is -0.128. The SMILES string of the molecule is CCOC[C@@H]1CN(C(=O)CN=[N+]=[N-])C[C@@H]1C. The molecule has 0 aromatic heterocycles. The minimum atomic E-state index is -0.0938. The predicted molar refractivity (Wildman–Crippen MR) is 59.7 cm³/mol. The summed E-state index contributed by atoms with van der Waals surface area (Å²) in [6, 6.07) is 0. The van der Waals surface area contributed by atoms with Crippen molar-refractivity contribution in [2.24, 2.45) is 17.0 Å². The number of hydrogen-bond donors (Lipinski definition) is 0. The second kappa shape index (κ2) is 6.35. The highest BCUT2D eigenvalue weighted by molar-refractivity contribution is 5.78. The first-order valence-electron chi connectivity index (χ1n) is 5.55. The Morgan fingerprint density at radius 2 is 2.38 bits per heavy atom. The van der Waals surface area contributed by atoms with Crippen LogP contribution in [-0.2, 0) is 9.53 Å². The largest absolute Gasteiger partial charge is 0.381 e. The summed E-state index contributed by atoms with van der Waals surface area (Å²) in [5.41, 5.74) is 8.15. The number of likely N-dealkylation sites (tertiary alicyclic amines) is 1. The molecule has 1 fully saturated rings. The Morgan fingerprint density at radius 1 is 1.62 bits per heavy atom. The number of carbonyl (C=O) groups excluding carboxylic acids is 1. The van der Waals surface area contributed by atoms with Crippen molar-refractivity contribution in [1.29, 1.82) is 0 Å². The Kier molecular flexibility index (Phi) is 5.08. The first-order chi connectivity index (χ1) is 7.69. The van der Waals surface area contributed by atoms with Gasteiger partial charge in [0.15, 0.2) is 0 Å². The van der Waals surface area contributed by atoms with E-state index in [1.165, 1.54) is 0 Å². The van der Waals surface area contributed by atoms with Crippen LogP contribution in [0.1, 0.15) is 13.8 Å². The van der Waals surface area contributed by atoms with Crippen molar-refractivity contribution in [1.82, 2.24) is 4.90 Å². The third-order valence-electron chi connectivity index (χ3n) is 2.93. The highest BCUT2D eigenvalue weighted by atomic mass is 16.5. The van der Waals surface area contributed by atoms with Gasteiger partial charge in [0.05, 0.1) is 6.61 Å². The Bertz CT molecular complexity index is 289. The normalized spacial score (nSPS) is 24.2. The van der Waals surface area contributed by atoms with Crippen LogP contribution in [0.5, 0.6) is 0 Å². The molecule has 0 radical (unpaired) electrons. The Labute approximate surface area is 95.2 Å². The van der Waals surface area contributed by atoms with Crippen molar-refractivity contribution in [3.05, 3.63) is 10.4 Å². The van der Waals surface area contributed by atoms with Crippen LogP contribution in [0, 0.1) is 11.8 Å². The summed E-state index contributed by atoms with van der Waals surface area (Å²) in [7, 11) is 0. The zero-order valence-electron chi connectivity index (χ0n) is 9.80. The molecular weight excluding hydrogens is 208 g/mol. The van der Waals surface area contributed by atoms with E-state index in [9.17, 15) is 4.79 Å². The van der Waals surface area contributed by atoms with Gasteiger partial charge in [-0.05, 0) is 18.4 Å². The Balaban J connectivity index is 2.42. The molecule has 6 nitrogen and oxygen atoms in total. The van der Waals surface area contributed by atoms with Crippen molar-refractivity contribution in [3.8, 4) is 0 Å². The maximum absolute atomic E-state index is 11.6. The average Bonchev–Trinajstić information content (AvgIpc) is 2.65. The number of nitrogens with zero attached hydrogens (tertiary/aromatic N) is 4. The standard InChI is InChI=1S/C10H18N4O2/c1-3-16-7-9-6-14(5-8(9)2)10(15)4-12-13-11/h8-9H,3-7H2,1-2H3/t8-,9-/m0/s1. The zero-order chi connectivity index (χ0) is 12.0. The van der Waals surface area contributed by atoms with Crippen molar-refractivity contribution < 1.29 is 9.53 Å². The number of azide groups is 1. The van der Waals surface area contributed by atoms with Crippen LogP contribution >= 0.6 is 0 Å². The summed E-state index contributed by atoms with van der Waals surface area (Å²) in [6.07, 6.45) is 0. The summed E-state index contributed by atoms with van der Waals surface area (Å²) in [6.45, 7) is 6.84. The van der Waals surface area contributed by atoms with E-state index in [-0.39, 0.29) is 12.5 Å². The summed E-state index contributed by atoms with van der Waals surface area (Å²) < 4.78 is 5.38. The van der Waals surface area contributed by atoms with Gasteiger partial charge in [0.1, 0.15) is 6.54 Å². The van der Waals surface area contributed by atoms with E-state index in [1.54, 1.807) is 4.90 Å². The van der Waals surface area contributed by atoms with Gasteiger partial charge in [0, 0.05) is 30.5 Å². The van der Waals surface area contributed by atoms with Gasteiger partial charge in [-0.2, -0.15) is 0 Å². The predicted octanol–water partition coefficient (Wildman–Crippen LogP) is 1.43. The van der Waals surface area contributed by atoms with Crippen LogP contribution in [-0.4, -0.2) is 43.7 Å². The molecule has 0 aromatic carbocycles. The number of ether oxygens (including phenoxy) is 1. The maximum atomic E-state index is 11.6. The van der Waals surface area contributed by atoms with Gasteiger partial charge in [0.25, 0.3) is 0 Å². The molecule has 6 heteroatoms. The van der Waals surface area contributed by atoms with E-state index in [1.807, 2.05) is 6.92 Å². The molecule has 2 atom stereocenters. The number of amides is 1. The molecule has 0 bridgehead atoms.